The molecule has 0 spiro atoms. The molecule has 2 heterocycles. The van der Waals surface area contributed by atoms with Crippen LogP contribution in [0.1, 0.15) is 51.9 Å². The molecule has 1 aliphatic rings. The first-order valence-electron chi connectivity index (χ1n) is 8.61. The monoisotopic (exact) mass is 362 g/mol. The predicted octanol–water partition coefficient (Wildman–Crippen LogP) is 0.217. The van der Waals surface area contributed by atoms with E-state index in [0.717, 1.165) is 0 Å². The third-order valence-corrected chi connectivity index (χ3v) is 4.57. The molecule has 1 aromatic heterocycles. The van der Waals surface area contributed by atoms with E-state index >= 15 is 0 Å². The van der Waals surface area contributed by atoms with Gasteiger partial charge in [0.15, 0.2) is 0 Å². The van der Waals surface area contributed by atoms with E-state index in [1.807, 2.05) is 41.5 Å². The van der Waals surface area contributed by atoms with E-state index in [4.69, 9.17) is 15.0 Å². The Labute approximate surface area is 154 Å². The molecule has 1 aromatic rings. The highest BCUT2D eigenvalue weighted by Crippen LogP contribution is 2.36. The summed E-state index contributed by atoms with van der Waals surface area (Å²) in [6, 6.07) is 1.58. The molecule has 0 aliphatic carbocycles. The second-order valence-electron chi connectivity index (χ2n) is 7.69. The molecule has 9 heteroatoms. The number of anilines is 1. The Morgan fingerprint density at radius 3 is 2.35 bits per heavy atom. The van der Waals surface area contributed by atoms with Crippen LogP contribution < -0.4 is 21.8 Å². The van der Waals surface area contributed by atoms with Crippen molar-refractivity contribution in [2.24, 2.45) is 0 Å². The second kappa shape index (κ2) is 7.24. The molecule has 0 saturated carbocycles. The molecule has 142 valence electrons. The van der Waals surface area contributed by atoms with Crippen LogP contribution >= 0.6 is 0 Å². The van der Waals surface area contributed by atoms with Crippen molar-refractivity contribution in [3.8, 4) is 0 Å². The van der Waals surface area contributed by atoms with Crippen molar-refractivity contribution in [1.29, 1.82) is 0 Å². The van der Waals surface area contributed by atoms with Gasteiger partial charge in [-0.25, -0.2) is 4.98 Å². The third kappa shape index (κ3) is 4.34. The van der Waals surface area contributed by atoms with Crippen LogP contribution in [-0.2, 0) is 14.1 Å². The Hall–Kier alpha value is -2.13. The summed E-state index contributed by atoms with van der Waals surface area (Å²) in [6.45, 7) is 11.3. The molecule has 1 aliphatic heterocycles. The van der Waals surface area contributed by atoms with Gasteiger partial charge >= 0.3 is 7.12 Å². The predicted molar refractivity (Wildman–Crippen MR) is 100.0 cm³/mol. The lowest BCUT2D eigenvalue weighted by molar-refractivity contribution is -0.120. The first-order valence-corrected chi connectivity index (χ1v) is 8.61. The van der Waals surface area contributed by atoms with Crippen LogP contribution in [0, 0.1) is 0 Å². The highest BCUT2D eigenvalue weighted by molar-refractivity contribution is 6.62. The Morgan fingerprint density at radius 1 is 1.23 bits per heavy atom. The van der Waals surface area contributed by atoms with Crippen molar-refractivity contribution in [3.63, 3.8) is 0 Å². The van der Waals surface area contributed by atoms with Gasteiger partial charge in [0.2, 0.25) is 5.91 Å². The number of carbonyl (C=O) groups is 2. The largest absolute Gasteiger partial charge is 0.496 e. The lowest BCUT2D eigenvalue weighted by atomic mass is 9.79. The minimum absolute atomic E-state index is 0.00200. The van der Waals surface area contributed by atoms with Gasteiger partial charge in [-0.3, -0.25) is 9.59 Å². The topological polar surface area (TPSA) is 116 Å². The van der Waals surface area contributed by atoms with Crippen molar-refractivity contribution in [2.75, 3.05) is 12.3 Å². The zero-order chi connectivity index (χ0) is 19.7. The molecule has 0 bridgehead atoms. The number of amides is 2. The number of pyridine rings is 1. The zero-order valence-electron chi connectivity index (χ0n) is 16.2. The number of hydrogen-bond acceptors (Lipinski definition) is 6. The smallest absolute Gasteiger partial charge is 0.399 e. The molecule has 1 fully saturated rings. The van der Waals surface area contributed by atoms with Crippen molar-refractivity contribution in [2.45, 2.75) is 58.8 Å². The van der Waals surface area contributed by atoms with Crippen molar-refractivity contribution >= 4 is 30.2 Å². The fourth-order valence-corrected chi connectivity index (χ4v) is 2.41. The summed E-state index contributed by atoms with van der Waals surface area (Å²) in [5, 5.41) is 5.24. The second-order valence-corrected chi connectivity index (χ2v) is 7.69. The van der Waals surface area contributed by atoms with Gasteiger partial charge in [0, 0.05) is 17.7 Å². The molecule has 26 heavy (non-hydrogen) atoms. The summed E-state index contributed by atoms with van der Waals surface area (Å²) >= 11 is 0. The van der Waals surface area contributed by atoms with Gasteiger partial charge in [0.25, 0.3) is 5.91 Å². The molecule has 8 nitrogen and oxygen atoms in total. The Balaban J connectivity index is 2.13. The number of nitrogens with zero attached hydrogens (tertiary/aromatic N) is 1. The Morgan fingerprint density at radius 2 is 1.81 bits per heavy atom. The van der Waals surface area contributed by atoms with Crippen LogP contribution in [0.3, 0.4) is 0 Å². The summed E-state index contributed by atoms with van der Waals surface area (Å²) in [6.07, 6.45) is 1.53. The first-order chi connectivity index (χ1) is 11.9. The first kappa shape index (κ1) is 20.2. The lowest BCUT2D eigenvalue weighted by Crippen LogP contribution is -2.41. The molecule has 2 rings (SSSR count). The van der Waals surface area contributed by atoms with Crippen LogP contribution in [0.2, 0.25) is 0 Å². The highest BCUT2D eigenvalue weighted by Gasteiger charge is 2.52. The van der Waals surface area contributed by atoms with Crippen LogP contribution in [0.25, 0.3) is 0 Å². The molecule has 0 atom stereocenters. The van der Waals surface area contributed by atoms with Crippen molar-refractivity contribution in [3.05, 3.63) is 17.8 Å². The molecule has 0 radical (unpaired) electrons. The van der Waals surface area contributed by atoms with Gasteiger partial charge in [-0.05, 0) is 47.6 Å². The summed E-state index contributed by atoms with van der Waals surface area (Å²) < 4.78 is 11.9. The fraction of sp³-hybridized carbons (Fsp3) is 0.588. The highest BCUT2D eigenvalue weighted by atomic mass is 16.7. The van der Waals surface area contributed by atoms with E-state index in [1.54, 1.807) is 6.07 Å². The van der Waals surface area contributed by atoms with Crippen LogP contribution in [0.4, 0.5) is 5.82 Å². The maximum absolute atomic E-state index is 12.4. The van der Waals surface area contributed by atoms with E-state index in [-0.39, 0.29) is 29.9 Å². The summed E-state index contributed by atoms with van der Waals surface area (Å²) in [4.78, 5) is 28.1. The molecule has 1 saturated heterocycles. The van der Waals surface area contributed by atoms with Gasteiger partial charge in [-0.1, -0.05) is 0 Å². The minimum atomic E-state index is -0.649. The van der Waals surface area contributed by atoms with Gasteiger partial charge in [-0.15, -0.1) is 0 Å². The van der Waals surface area contributed by atoms with Gasteiger partial charge in [-0.2, -0.15) is 0 Å². The lowest BCUT2D eigenvalue weighted by Gasteiger charge is -2.32. The number of nitrogen functional groups attached to an aromatic ring is 1. The quantitative estimate of drug-likeness (QED) is 0.646. The SMILES string of the molecule is CC(C)NC(=O)CNC(=O)c1cc(B2OC(C)(C)C(C)(C)O2)cnc1N. The summed E-state index contributed by atoms with van der Waals surface area (Å²) in [5.74, 6) is -0.679. The molecule has 2 amide bonds. The van der Waals surface area contributed by atoms with Gasteiger partial charge in [0.05, 0.1) is 23.3 Å². The minimum Gasteiger partial charge on any atom is -0.399 e. The molecular weight excluding hydrogens is 335 g/mol. The number of aromatic nitrogens is 1. The summed E-state index contributed by atoms with van der Waals surface area (Å²) in [5.41, 5.74) is 5.59. The van der Waals surface area contributed by atoms with E-state index < -0.39 is 24.2 Å². The fourth-order valence-electron chi connectivity index (χ4n) is 2.41. The number of carbonyl (C=O) groups excluding carboxylic acids is 2. The number of nitrogens with one attached hydrogen (secondary N) is 2. The van der Waals surface area contributed by atoms with E-state index in [0.29, 0.717) is 5.46 Å². The van der Waals surface area contributed by atoms with Gasteiger partial charge < -0.3 is 25.7 Å². The van der Waals surface area contributed by atoms with Crippen LogP contribution in [-0.4, -0.2) is 47.7 Å². The van der Waals surface area contributed by atoms with Crippen LogP contribution in [0.5, 0.6) is 0 Å². The number of nitrogens with two attached hydrogens (primary N) is 1. The Bertz CT molecular complexity index is 690. The number of hydrogen-bond donors (Lipinski definition) is 3. The molecule has 4 N–H and O–H groups in total. The van der Waals surface area contributed by atoms with Crippen molar-refractivity contribution in [1.82, 2.24) is 15.6 Å². The van der Waals surface area contributed by atoms with E-state index in [9.17, 15) is 9.59 Å². The summed E-state index contributed by atoms with van der Waals surface area (Å²) in [7, 11) is -0.649. The van der Waals surface area contributed by atoms with E-state index in [2.05, 4.69) is 15.6 Å². The van der Waals surface area contributed by atoms with Gasteiger partial charge in [0.1, 0.15) is 5.82 Å². The standard InChI is InChI=1S/C17H27BN4O4/c1-10(2)22-13(23)9-21-15(24)12-7-11(8-20-14(12)19)18-25-16(3,4)17(5,6)26-18/h7-8,10H,9H2,1-6H3,(H2,19,20)(H,21,24)(H,22,23). The third-order valence-electron chi connectivity index (χ3n) is 4.57. The zero-order valence-corrected chi connectivity index (χ0v) is 16.2. The average molecular weight is 362 g/mol. The molecule has 0 unspecified atom stereocenters. The average Bonchev–Trinajstić information content (AvgIpc) is 2.73. The molecular formula is C17H27BN4O4. The Kier molecular flexibility index (Phi) is 5.62. The normalized spacial score (nSPS) is 18.0. The van der Waals surface area contributed by atoms with Crippen molar-refractivity contribution < 1.29 is 18.9 Å². The van der Waals surface area contributed by atoms with Crippen LogP contribution in [0.15, 0.2) is 12.3 Å². The maximum Gasteiger partial charge on any atom is 0.496 e. The maximum atomic E-state index is 12.4. The number of rotatable bonds is 5. The van der Waals surface area contributed by atoms with E-state index in [1.165, 1.54) is 6.20 Å². The molecule has 0 aromatic carbocycles.